The number of carboxylic acids is 1. The largest absolute Gasteiger partial charge is 0.481 e. The monoisotopic (exact) mass is 306 g/mol. The summed E-state index contributed by atoms with van der Waals surface area (Å²) in [6.45, 7) is 0. The summed E-state index contributed by atoms with van der Waals surface area (Å²) in [5, 5.41) is 19.2. The van der Waals surface area contributed by atoms with Crippen molar-refractivity contribution in [1.29, 1.82) is 5.41 Å². The quantitative estimate of drug-likeness (QED) is 0.499. The van der Waals surface area contributed by atoms with Gasteiger partial charge in [-0.15, -0.1) is 12.4 Å². The first-order chi connectivity index (χ1) is 9.56. The van der Waals surface area contributed by atoms with Crippen LogP contribution < -0.4 is 11.1 Å². The standard InChI is InChI=1S/C14H14N4O2.ClH/c15-13(16)11-2-1-7-17-14(11)18-10-5-3-9(4-6-10)8-12(19)20;/h1-7H,8H2,(H3,15,16)(H,17,18)(H,19,20);1H. The van der Waals surface area contributed by atoms with Crippen LogP contribution in [0, 0.1) is 5.41 Å². The third kappa shape index (κ3) is 4.47. The number of anilines is 2. The van der Waals surface area contributed by atoms with Gasteiger partial charge in [-0.3, -0.25) is 10.2 Å². The molecule has 7 heteroatoms. The predicted molar refractivity (Wildman–Crippen MR) is 83.6 cm³/mol. The van der Waals surface area contributed by atoms with E-state index in [0.29, 0.717) is 11.4 Å². The molecular weight excluding hydrogens is 292 g/mol. The topological polar surface area (TPSA) is 112 Å². The number of nitrogens with zero attached hydrogens (tertiary/aromatic N) is 1. The van der Waals surface area contributed by atoms with Crippen LogP contribution in [0.25, 0.3) is 0 Å². The van der Waals surface area contributed by atoms with Gasteiger partial charge in [-0.25, -0.2) is 4.98 Å². The number of nitrogen functional groups attached to an aromatic ring is 1. The number of hydrogen-bond acceptors (Lipinski definition) is 4. The summed E-state index contributed by atoms with van der Waals surface area (Å²) in [4.78, 5) is 14.7. The maximum Gasteiger partial charge on any atom is 0.307 e. The second kappa shape index (κ2) is 7.25. The summed E-state index contributed by atoms with van der Waals surface area (Å²) < 4.78 is 0. The number of hydrogen-bond donors (Lipinski definition) is 4. The molecule has 0 bridgehead atoms. The van der Waals surface area contributed by atoms with Crippen LogP contribution in [0.1, 0.15) is 11.1 Å². The normalized spacial score (nSPS) is 9.52. The maximum atomic E-state index is 10.6. The van der Waals surface area contributed by atoms with Crippen molar-refractivity contribution < 1.29 is 9.90 Å². The fraction of sp³-hybridized carbons (Fsp3) is 0.0714. The molecule has 0 aliphatic rings. The molecule has 0 amide bonds. The van der Waals surface area contributed by atoms with Gasteiger partial charge in [-0.05, 0) is 29.8 Å². The van der Waals surface area contributed by atoms with Gasteiger partial charge < -0.3 is 16.2 Å². The molecule has 0 aliphatic heterocycles. The minimum Gasteiger partial charge on any atom is -0.481 e. The van der Waals surface area contributed by atoms with E-state index < -0.39 is 5.97 Å². The zero-order valence-electron chi connectivity index (χ0n) is 11.0. The van der Waals surface area contributed by atoms with Crippen LogP contribution in [0.3, 0.4) is 0 Å². The van der Waals surface area contributed by atoms with Crippen LogP contribution in [0.2, 0.25) is 0 Å². The first-order valence-electron chi connectivity index (χ1n) is 5.93. The van der Waals surface area contributed by atoms with Crippen LogP contribution in [-0.2, 0) is 11.2 Å². The minimum absolute atomic E-state index is 0. The molecule has 0 spiro atoms. The van der Waals surface area contributed by atoms with E-state index in [1.54, 1.807) is 42.6 Å². The van der Waals surface area contributed by atoms with Crippen LogP contribution in [0.15, 0.2) is 42.6 Å². The number of halogens is 1. The molecule has 110 valence electrons. The third-order valence-electron chi connectivity index (χ3n) is 2.67. The summed E-state index contributed by atoms with van der Waals surface area (Å²) in [5.41, 5.74) is 7.47. The Bertz CT molecular complexity index is 644. The zero-order chi connectivity index (χ0) is 14.5. The summed E-state index contributed by atoms with van der Waals surface area (Å²) in [7, 11) is 0. The Kier molecular flexibility index (Phi) is 5.68. The van der Waals surface area contributed by atoms with E-state index in [1.807, 2.05) is 0 Å². The van der Waals surface area contributed by atoms with Gasteiger partial charge in [0.25, 0.3) is 0 Å². The van der Waals surface area contributed by atoms with Crippen molar-refractivity contribution in [2.24, 2.45) is 5.73 Å². The van der Waals surface area contributed by atoms with Crippen molar-refractivity contribution in [2.45, 2.75) is 6.42 Å². The lowest BCUT2D eigenvalue weighted by molar-refractivity contribution is -0.136. The molecule has 1 heterocycles. The lowest BCUT2D eigenvalue weighted by Crippen LogP contribution is -2.14. The van der Waals surface area contributed by atoms with Gasteiger partial charge in [0, 0.05) is 11.9 Å². The molecule has 0 fully saturated rings. The molecule has 1 aromatic heterocycles. The fourth-order valence-electron chi connectivity index (χ4n) is 1.74. The van der Waals surface area contributed by atoms with Crippen LogP contribution >= 0.6 is 12.4 Å². The molecule has 0 unspecified atom stereocenters. The van der Waals surface area contributed by atoms with Crippen LogP contribution in [0.5, 0.6) is 0 Å². The van der Waals surface area contributed by atoms with Crippen molar-refractivity contribution >= 4 is 35.7 Å². The summed E-state index contributed by atoms with van der Waals surface area (Å²) >= 11 is 0. The molecular formula is C14H15ClN4O2. The van der Waals surface area contributed by atoms with E-state index in [9.17, 15) is 4.79 Å². The van der Waals surface area contributed by atoms with Gasteiger partial charge in [0.05, 0.1) is 12.0 Å². The molecule has 2 rings (SSSR count). The Balaban J connectivity index is 0.00000220. The first-order valence-corrected chi connectivity index (χ1v) is 5.93. The van der Waals surface area contributed by atoms with Crippen molar-refractivity contribution in [3.63, 3.8) is 0 Å². The Labute approximate surface area is 127 Å². The molecule has 0 radical (unpaired) electrons. The number of nitrogens with two attached hydrogens (primary N) is 1. The second-order valence-corrected chi connectivity index (χ2v) is 4.21. The molecule has 21 heavy (non-hydrogen) atoms. The molecule has 0 saturated heterocycles. The number of nitrogens with one attached hydrogen (secondary N) is 2. The number of aliphatic carboxylic acids is 1. The third-order valence-corrected chi connectivity index (χ3v) is 2.67. The maximum absolute atomic E-state index is 10.6. The predicted octanol–water partition coefficient (Wildman–Crippen LogP) is 2.16. The van der Waals surface area contributed by atoms with E-state index in [-0.39, 0.29) is 24.7 Å². The van der Waals surface area contributed by atoms with Crippen molar-refractivity contribution in [3.8, 4) is 0 Å². The molecule has 6 nitrogen and oxygen atoms in total. The number of amidine groups is 1. The summed E-state index contributed by atoms with van der Waals surface area (Å²) in [6, 6.07) is 10.4. The Morgan fingerprint density at radius 3 is 2.52 bits per heavy atom. The van der Waals surface area contributed by atoms with Crippen LogP contribution in [-0.4, -0.2) is 21.9 Å². The molecule has 1 aromatic carbocycles. The minimum atomic E-state index is -0.866. The number of carboxylic acid groups (broad SMARTS) is 1. The van der Waals surface area contributed by atoms with E-state index in [0.717, 1.165) is 11.3 Å². The van der Waals surface area contributed by atoms with E-state index in [4.69, 9.17) is 16.2 Å². The van der Waals surface area contributed by atoms with Gasteiger partial charge >= 0.3 is 5.97 Å². The highest BCUT2D eigenvalue weighted by Gasteiger charge is 2.06. The second-order valence-electron chi connectivity index (χ2n) is 4.21. The van der Waals surface area contributed by atoms with Gasteiger partial charge in [-0.2, -0.15) is 0 Å². The van der Waals surface area contributed by atoms with Crippen molar-refractivity contribution in [3.05, 3.63) is 53.7 Å². The smallest absolute Gasteiger partial charge is 0.307 e. The number of pyridine rings is 1. The average molecular weight is 307 g/mol. The van der Waals surface area contributed by atoms with E-state index >= 15 is 0 Å². The number of carbonyl (C=O) groups is 1. The van der Waals surface area contributed by atoms with Gasteiger partial charge in [-0.1, -0.05) is 12.1 Å². The molecule has 5 N–H and O–H groups in total. The molecule has 0 aliphatic carbocycles. The highest BCUT2D eigenvalue weighted by molar-refractivity contribution is 5.99. The highest BCUT2D eigenvalue weighted by Crippen LogP contribution is 2.18. The zero-order valence-corrected chi connectivity index (χ0v) is 11.9. The van der Waals surface area contributed by atoms with Gasteiger partial charge in [0.1, 0.15) is 11.7 Å². The Morgan fingerprint density at radius 1 is 1.29 bits per heavy atom. The van der Waals surface area contributed by atoms with Gasteiger partial charge in [0.15, 0.2) is 0 Å². The summed E-state index contributed by atoms with van der Waals surface area (Å²) in [5.74, 6) is -0.441. The van der Waals surface area contributed by atoms with E-state index in [2.05, 4.69) is 10.3 Å². The van der Waals surface area contributed by atoms with Crippen molar-refractivity contribution in [1.82, 2.24) is 4.98 Å². The van der Waals surface area contributed by atoms with Crippen LogP contribution in [0.4, 0.5) is 11.5 Å². The number of benzene rings is 1. The highest BCUT2D eigenvalue weighted by atomic mass is 35.5. The summed E-state index contributed by atoms with van der Waals surface area (Å²) in [6.07, 6.45) is 1.59. The molecule has 0 atom stereocenters. The Morgan fingerprint density at radius 2 is 1.95 bits per heavy atom. The van der Waals surface area contributed by atoms with Crippen molar-refractivity contribution in [2.75, 3.05) is 5.32 Å². The first kappa shape index (κ1) is 16.5. The number of rotatable bonds is 5. The fourth-order valence-corrected chi connectivity index (χ4v) is 1.74. The van der Waals surface area contributed by atoms with E-state index in [1.165, 1.54) is 0 Å². The van der Waals surface area contributed by atoms with Gasteiger partial charge in [0.2, 0.25) is 0 Å². The SMILES string of the molecule is Cl.N=C(N)c1cccnc1Nc1ccc(CC(=O)O)cc1. The lowest BCUT2D eigenvalue weighted by Gasteiger charge is -2.10. The number of aromatic nitrogens is 1. The average Bonchev–Trinajstić information content (AvgIpc) is 2.41. The molecule has 0 saturated carbocycles. The Hall–Kier alpha value is -2.60. The lowest BCUT2D eigenvalue weighted by atomic mass is 10.1. The molecule has 2 aromatic rings.